The molecule has 0 aromatic carbocycles. The van der Waals surface area contributed by atoms with Crippen LogP contribution in [0.2, 0.25) is 0 Å². The number of ether oxygens (including phenoxy) is 7. The molecule has 284 valence electrons. The summed E-state index contributed by atoms with van der Waals surface area (Å²) in [5.41, 5.74) is -3.19. The summed E-state index contributed by atoms with van der Waals surface area (Å²) >= 11 is 0. The van der Waals surface area contributed by atoms with E-state index >= 15 is 0 Å². The summed E-state index contributed by atoms with van der Waals surface area (Å²) in [6.45, 7) is 13.5. The third-order valence-corrected chi connectivity index (χ3v) is 11.4. The number of aliphatic hydroxyl groups is 4. The predicted molar refractivity (Wildman–Crippen MR) is 175 cm³/mol. The number of ketones is 1. The molecule has 1 spiro atoms. The quantitative estimate of drug-likeness (QED) is 0.227. The lowest BCUT2D eigenvalue weighted by Gasteiger charge is -2.48. The molecule has 0 amide bonds. The molecule has 4 fully saturated rings. The van der Waals surface area contributed by atoms with Crippen molar-refractivity contribution < 1.29 is 63.2 Å². The Labute approximate surface area is 290 Å². The SMILES string of the molecule is CO[C@H]1C[C@H](OC2[C@@H](C)C(=O)O[C@H](C)[C@H](C)[C@H](O)[C@@H](C)C(=O)[C@]3(CO3)C[C@@](C)(O)[C@H](O[C@@H]3O[C@H](C)C[C@H](N(C)C)[C@H]3O)[C@H]2C)O[C@@H](C)[C@@H]1O. The average Bonchev–Trinajstić information content (AvgIpc) is 3.81. The van der Waals surface area contributed by atoms with Gasteiger partial charge in [0.25, 0.3) is 0 Å². The lowest BCUT2D eigenvalue weighted by atomic mass is 9.74. The van der Waals surface area contributed by atoms with Crippen LogP contribution in [0.15, 0.2) is 0 Å². The van der Waals surface area contributed by atoms with Crippen molar-refractivity contribution in [2.24, 2.45) is 23.7 Å². The molecule has 4 saturated heterocycles. The van der Waals surface area contributed by atoms with Crippen molar-refractivity contribution in [2.75, 3.05) is 27.8 Å². The number of nitrogens with zero attached hydrogens (tertiary/aromatic N) is 1. The minimum Gasteiger partial charge on any atom is -0.462 e. The number of carbonyl (C=O) groups excluding carboxylic acids is 2. The highest BCUT2D eigenvalue weighted by Crippen LogP contribution is 2.45. The lowest BCUT2D eigenvalue weighted by molar-refractivity contribution is -0.311. The van der Waals surface area contributed by atoms with Crippen LogP contribution in [0.4, 0.5) is 0 Å². The molecule has 18 atom stereocenters. The standard InChI is InChI=1S/C35H61NO13/c1-16-12-23(36(9)10)28(39)33(45-16)49-31-19(4)29(48-25-13-24(43-11)27(38)22(7)46-25)20(5)32(41)47-21(6)17(2)26(37)18(3)30(40)35(15-44-35)14-34(31,8)42/h16-29,31,33,37-39,42H,12-15H2,1-11H3/t16-,17+,18-,19+,20-,21-,22+,23+,24+,25+,26+,27+,28-,29?,31-,33+,34-,35-/m1/s1. The second-order valence-corrected chi connectivity index (χ2v) is 15.6. The Balaban J connectivity index is 1.79. The highest BCUT2D eigenvalue weighted by molar-refractivity contribution is 5.92. The van der Waals surface area contributed by atoms with Crippen LogP contribution in [0.1, 0.15) is 74.7 Å². The van der Waals surface area contributed by atoms with Gasteiger partial charge in [0.2, 0.25) is 0 Å². The fourth-order valence-electron chi connectivity index (χ4n) is 7.94. The van der Waals surface area contributed by atoms with E-state index in [-0.39, 0.29) is 37.4 Å². The van der Waals surface area contributed by atoms with E-state index in [2.05, 4.69) is 0 Å². The van der Waals surface area contributed by atoms with Crippen LogP contribution >= 0.6 is 0 Å². The van der Waals surface area contributed by atoms with Gasteiger partial charge in [-0.05, 0) is 55.1 Å². The molecule has 1 unspecified atom stereocenters. The van der Waals surface area contributed by atoms with Crippen LogP contribution in [-0.2, 0) is 42.7 Å². The molecule has 4 heterocycles. The van der Waals surface area contributed by atoms with Crippen LogP contribution in [0.5, 0.6) is 0 Å². The Bertz CT molecular complexity index is 1130. The molecule has 4 N–H and O–H groups in total. The van der Waals surface area contributed by atoms with E-state index in [9.17, 15) is 30.0 Å². The highest BCUT2D eigenvalue weighted by Gasteiger charge is 2.60. The van der Waals surface area contributed by atoms with E-state index in [0.29, 0.717) is 6.42 Å². The zero-order chi connectivity index (χ0) is 36.7. The monoisotopic (exact) mass is 703 g/mol. The third kappa shape index (κ3) is 8.68. The van der Waals surface area contributed by atoms with Crippen molar-refractivity contribution in [1.82, 2.24) is 4.90 Å². The van der Waals surface area contributed by atoms with Crippen LogP contribution in [-0.4, -0.2) is 150 Å². The van der Waals surface area contributed by atoms with Gasteiger partial charge in [0.05, 0.1) is 54.7 Å². The van der Waals surface area contributed by atoms with Crippen LogP contribution in [0, 0.1) is 23.7 Å². The number of likely N-dealkylation sites (N-methyl/N-ethyl adjacent to an activating group) is 1. The molecule has 4 rings (SSSR count). The first-order valence-electron chi connectivity index (χ1n) is 17.7. The second-order valence-electron chi connectivity index (χ2n) is 15.6. The maximum absolute atomic E-state index is 13.9. The molecule has 14 heteroatoms. The third-order valence-electron chi connectivity index (χ3n) is 11.4. The van der Waals surface area contributed by atoms with Crippen molar-refractivity contribution in [3.8, 4) is 0 Å². The fraction of sp³-hybridized carbons (Fsp3) is 0.943. The summed E-state index contributed by atoms with van der Waals surface area (Å²) in [6.07, 6.45) is -9.25. The normalized spacial score (nSPS) is 50.6. The zero-order valence-corrected chi connectivity index (χ0v) is 31.0. The molecular weight excluding hydrogens is 642 g/mol. The highest BCUT2D eigenvalue weighted by atomic mass is 16.7. The number of hydrogen-bond acceptors (Lipinski definition) is 14. The molecule has 0 aromatic rings. The number of aliphatic hydroxyl groups excluding tert-OH is 3. The second kappa shape index (κ2) is 15.7. The summed E-state index contributed by atoms with van der Waals surface area (Å²) < 4.78 is 42.5. The van der Waals surface area contributed by atoms with Crippen LogP contribution in [0.25, 0.3) is 0 Å². The first-order valence-corrected chi connectivity index (χ1v) is 17.7. The summed E-state index contributed by atoms with van der Waals surface area (Å²) in [5, 5.41) is 45.7. The number of carbonyl (C=O) groups is 2. The van der Waals surface area contributed by atoms with Gasteiger partial charge < -0.3 is 58.5 Å². The number of cyclic esters (lactones) is 1. The van der Waals surface area contributed by atoms with Crippen molar-refractivity contribution >= 4 is 11.8 Å². The maximum atomic E-state index is 13.9. The van der Waals surface area contributed by atoms with E-state index < -0.39 is 102 Å². The molecule has 0 saturated carbocycles. The van der Waals surface area contributed by atoms with Crippen molar-refractivity contribution in [3.63, 3.8) is 0 Å². The Kier molecular flexibility index (Phi) is 13.0. The van der Waals surface area contributed by atoms with Gasteiger partial charge in [-0.1, -0.05) is 20.8 Å². The number of epoxide rings is 1. The van der Waals surface area contributed by atoms with Gasteiger partial charge in [-0.15, -0.1) is 0 Å². The topological polar surface area (TPSA) is 186 Å². The first-order chi connectivity index (χ1) is 22.7. The molecule has 4 aliphatic heterocycles. The number of esters is 1. The van der Waals surface area contributed by atoms with Gasteiger partial charge in [-0.2, -0.15) is 0 Å². The smallest absolute Gasteiger partial charge is 0.311 e. The lowest BCUT2D eigenvalue weighted by Crippen LogP contribution is -2.60. The van der Waals surface area contributed by atoms with Gasteiger partial charge in [0, 0.05) is 43.7 Å². The van der Waals surface area contributed by atoms with E-state index in [1.54, 1.807) is 41.5 Å². The molecule has 4 aliphatic rings. The number of hydrogen-bond donors (Lipinski definition) is 4. The Morgan fingerprint density at radius 1 is 0.837 bits per heavy atom. The van der Waals surface area contributed by atoms with Crippen molar-refractivity contribution in [1.29, 1.82) is 0 Å². The number of rotatable bonds is 6. The molecule has 0 bridgehead atoms. The summed E-state index contributed by atoms with van der Waals surface area (Å²) in [5.74, 6) is -4.25. The van der Waals surface area contributed by atoms with E-state index in [0.717, 1.165) is 0 Å². The average molecular weight is 704 g/mol. The van der Waals surface area contributed by atoms with Crippen LogP contribution < -0.4 is 0 Å². The van der Waals surface area contributed by atoms with Gasteiger partial charge in [0.15, 0.2) is 24.0 Å². The molecule has 14 nitrogen and oxygen atoms in total. The molecule has 0 aliphatic carbocycles. The Morgan fingerprint density at radius 3 is 2.04 bits per heavy atom. The van der Waals surface area contributed by atoms with E-state index in [1.165, 1.54) is 14.0 Å². The molecule has 49 heavy (non-hydrogen) atoms. The zero-order valence-electron chi connectivity index (χ0n) is 31.0. The first kappa shape index (κ1) is 40.5. The van der Waals surface area contributed by atoms with E-state index in [1.807, 2.05) is 25.9 Å². The van der Waals surface area contributed by atoms with Gasteiger partial charge in [0.1, 0.15) is 18.3 Å². The maximum Gasteiger partial charge on any atom is 0.311 e. The molecule has 0 aromatic heterocycles. The Hall–Kier alpha value is -1.30. The summed E-state index contributed by atoms with van der Waals surface area (Å²) in [7, 11) is 5.20. The fourth-order valence-corrected chi connectivity index (χ4v) is 7.94. The predicted octanol–water partition coefficient (Wildman–Crippen LogP) is 1.02. The Morgan fingerprint density at radius 2 is 1.47 bits per heavy atom. The van der Waals surface area contributed by atoms with Gasteiger partial charge in [-0.3, -0.25) is 9.59 Å². The number of Topliss-reactive ketones (excluding diaryl/α,β-unsaturated/α-hetero) is 1. The van der Waals surface area contributed by atoms with Crippen LogP contribution in [0.3, 0.4) is 0 Å². The van der Waals surface area contributed by atoms with Gasteiger partial charge in [-0.25, -0.2) is 0 Å². The minimum absolute atomic E-state index is 0.0478. The summed E-state index contributed by atoms with van der Waals surface area (Å²) in [6, 6.07) is -0.312. The minimum atomic E-state index is -1.81. The number of methoxy groups -OCH3 is 1. The summed E-state index contributed by atoms with van der Waals surface area (Å²) in [4.78, 5) is 29.7. The largest absolute Gasteiger partial charge is 0.462 e. The molecular formula is C35H61NO13. The van der Waals surface area contributed by atoms with Gasteiger partial charge >= 0.3 is 5.97 Å². The van der Waals surface area contributed by atoms with Crippen molar-refractivity contribution in [2.45, 2.75) is 159 Å². The molecule has 0 radical (unpaired) electrons. The van der Waals surface area contributed by atoms with E-state index in [4.69, 9.17) is 33.2 Å². The van der Waals surface area contributed by atoms with Crippen molar-refractivity contribution in [3.05, 3.63) is 0 Å².